The second-order valence-electron chi connectivity index (χ2n) is 4.27. The Labute approximate surface area is 117 Å². The molecule has 2 rings (SSSR count). The zero-order valence-corrected chi connectivity index (χ0v) is 12.1. The molecule has 0 fully saturated rings. The molecular weight excluding hydrogens is 286 g/mol. The zero-order chi connectivity index (χ0) is 14.0. The second-order valence-corrected chi connectivity index (χ2v) is 6.49. The van der Waals surface area contributed by atoms with Crippen LogP contribution in [0.4, 0.5) is 0 Å². The third kappa shape index (κ3) is 3.56. The van der Waals surface area contributed by atoms with Crippen LogP contribution in [0.3, 0.4) is 0 Å². The molecule has 2 aromatic rings. The molecule has 1 unspecified atom stereocenters. The van der Waals surface area contributed by atoms with Gasteiger partial charge in [-0.15, -0.1) is 0 Å². The van der Waals surface area contributed by atoms with Crippen molar-refractivity contribution in [2.75, 3.05) is 6.26 Å². The molecule has 0 saturated heterocycles. The number of halogens is 1. The van der Waals surface area contributed by atoms with Crippen LogP contribution in [0.5, 0.6) is 0 Å². The molecule has 19 heavy (non-hydrogen) atoms. The summed E-state index contributed by atoms with van der Waals surface area (Å²) in [5.41, 5.74) is 0.782. The Kier molecular flexibility index (Phi) is 3.93. The summed E-state index contributed by atoms with van der Waals surface area (Å²) in [5.74, 6) is 0.618. The highest BCUT2D eigenvalue weighted by atomic mass is 35.5. The molecule has 1 aromatic heterocycles. The Bertz CT molecular complexity index is 665. The quantitative estimate of drug-likeness (QED) is 0.935. The van der Waals surface area contributed by atoms with Gasteiger partial charge in [0.2, 0.25) is 10.0 Å². The molecule has 7 heteroatoms. The summed E-state index contributed by atoms with van der Waals surface area (Å²) in [7, 11) is -1.55. The van der Waals surface area contributed by atoms with Crippen molar-refractivity contribution in [2.45, 2.75) is 6.04 Å². The molecule has 0 bridgehead atoms. The summed E-state index contributed by atoms with van der Waals surface area (Å²) in [4.78, 5) is 4.20. The number of nitrogens with zero attached hydrogens (tertiary/aromatic N) is 2. The molecule has 0 aliphatic rings. The molecule has 0 spiro atoms. The molecule has 102 valence electrons. The molecular formula is C12H14ClN3O2S. The number of aromatic nitrogens is 2. The Balaban J connectivity index is 2.46. The van der Waals surface area contributed by atoms with E-state index in [4.69, 9.17) is 11.6 Å². The van der Waals surface area contributed by atoms with Crippen molar-refractivity contribution >= 4 is 21.6 Å². The number of sulfonamides is 1. The minimum Gasteiger partial charge on any atom is -0.336 e. The van der Waals surface area contributed by atoms with Gasteiger partial charge in [0, 0.05) is 24.5 Å². The summed E-state index contributed by atoms with van der Waals surface area (Å²) < 4.78 is 27.4. The highest BCUT2D eigenvalue weighted by molar-refractivity contribution is 7.88. The lowest BCUT2D eigenvalue weighted by atomic mass is 10.1. The minimum absolute atomic E-state index is 0.535. The predicted molar refractivity (Wildman–Crippen MR) is 74.5 cm³/mol. The van der Waals surface area contributed by atoms with Gasteiger partial charge in [0.05, 0.1) is 6.26 Å². The van der Waals surface area contributed by atoms with Crippen LogP contribution in [-0.4, -0.2) is 24.2 Å². The largest absolute Gasteiger partial charge is 0.336 e. The summed E-state index contributed by atoms with van der Waals surface area (Å²) in [6, 6.07) is 6.46. The normalized spacial score (nSPS) is 13.4. The highest BCUT2D eigenvalue weighted by Gasteiger charge is 2.21. The Hall–Kier alpha value is -1.37. The maximum Gasteiger partial charge on any atom is 0.209 e. The van der Waals surface area contributed by atoms with Crippen molar-refractivity contribution in [2.24, 2.45) is 7.05 Å². The number of rotatable bonds is 4. The van der Waals surface area contributed by atoms with Gasteiger partial charge >= 0.3 is 0 Å². The Morgan fingerprint density at radius 2 is 1.95 bits per heavy atom. The molecule has 0 radical (unpaired) electrons. The lowest BCUT2D eigenvalue weighted by molar-refractivity contribution is 0.568. The van der Waals surface area contributed by atoms with Gasteiger partial charge in [0.25, 0.3) is 0 Å². The molecule has 0 aliphatic carbocycles. The van der Waals surface area contributed by atoms with Gasteiger partial charge in [0.15, 0.2) is 0 Å². The van der Waals surface area contributed by atoms with Crippen molar-refractivity contribution in [3.8, 4) is 0 Å². The summed E-state index contributed by atoms with van der Waals surface area (Å²) in [6.07, 6.45) is 4.52. The average molecular weight is 300 g/mol. The minimum atomic E-state index is -3.36. The van der Waals surface area contributed by atoms with Crippen molar-refractivity contribution in [1.82, 2.24) is 14.3 Å². The van der Waals surface area contributed by atoms with E-state index in [1.54, 1.807) is 41.2 Å². The van der Waals surface area contributed by atoms with Crippen molar-refractivity contribution < 1.29 is 8.42 Å². The van der Waals surface area contributed by atoms with E-state index in [1.807, 2.05) is 7.05 Å². The zero-order valence-electron chi connectivity index (χ0n) is 10.5. The maximum atomic E-state index is 11.5. The number of nitrogens with one attached hydrogen (secondary N) is 1. The number of hydrogen-bond acceptors (Lipinski definition) is 3. The van der Waals surface area contributed by atoms with Crippen LogP contribution in [0, 0.1) is 0 Å². The van der Waals surface area contributed by atoms with Crippen molar-refractivity contribution in [3.63, 3.8) is 0 Å². The number of benzene rings is 1. The first-order chi connectivity index (χ1) is 8.87. The van der Waals surface area contributed by atoms with Crippen LogP contribution in [-0.2, 0) is 17.1 Å². The fourth-order valence-corrected chi connectivity index (χ4v) is 2.59. The SMILES string of the molecule is Cn1ccnc1C(NS(C)(=O)=O)c1ccc(Cl)cc1. The Morgan fingerprint density at radius 1 is 1.32 bits per heavy atom. The number of imidazole rings is 1. The monoisotopic (exact) mass is 299 g/mol. The second kappa shape index (κ2) is 5.32. The molecule has 0 saturated carbocycles. The van der Waals surface area contributed by atoms with Gasteiger partial charge in [-0.3, -0.25) is 0 Å². The van der Waals surface area contributed by atoms with Gasteiger partial charge in [0.1, 0.15) is 11.9 Å². The first-order valence-corrected chi connectivity index (χ1v) is 7.84. The van der Waals surface area contributed by atoms with Crippen LogP contribution in [0.25, 0.3) is 0 Å². The molecule has 0 aliphatic heterocycles. The third-order valence-corrected chi connectivity index (χ3v) is 3.57. The molecule has 1 atom stereocenters. The van der Waals surface area contributed by atoms with Gasteiger partial charge < -0.3 is 4.57 Å². The fourth-order valence-electron chi connectivity index (χ4n) is 1.79. The topological polar surface area (TPSA) is 64.0 Å². The maximum absolute atomic E-state index is 11.5. The van der Waals surface area contributed by atoms with Gasteiger partial charge in [-0.2, -0.15) is 0 Å². The van der Waals surface area contributed by atoms with E-state index in [9.17, 15) is 8.42 Å². The molecule has 1 aromatic carbocycles. The van der Waals surface area contributed by atoms with E-state index < -0.39 is 16.1 Å². The van der Waals surface area contributed by atoms with Crippen molar-refractivity contribution in [1.29, 1.82) is 0 Å². The summed E-state index contributed by atoms with van der Waals surface area (Å²) in [6.45, 7) is 0. The van der Waals surface area contributed by atoms with Crippen LogP contribution in [0.2, 0.25) is 5.02 Å². The van der Waals surface area contributed by atoms with E-state index in [0.717, 1.165) is 11.8 Å². The molecule has 0 amide bonds. The van der Waals surface area contributed by atoms with E-state index >= 15 is 0 Å². The number of aryl methyl sites for hydroxylation is 1. The standard InChI is InChI=1S/C12H14ClN3O2S/c1-16-8-7-14-12(16)11(15-19(2,17)18)9-3-5-10(13)6-4-9/h3-8,11,15H,1-2H3. The van der Waals surface area contributed by atoms with E-state index in [0.29, 0.717) is 10.8 Å². The van der Waals surface area contributed by atoms with Gasteiger partial charge in [-0.05, 0) is 17.7 Å². The van der Waals surface area contributed by atoms with Crippen LogP contribution in [0.1, 0.15) is 17.4 Å². The lowest BCUT2D eigenvalue weighted by Crippen LogP contribution is -2.30. The highest BCUT2D eigenvalue weighted by Crippen LogP contribution is 2.22. The molecule has 5 nitrogen and oxygen atoms in total. The predicted octanol–water partition coefficient (Wildman–Crippen LogP) is 1.71. The molecule has 1 N–H and O–H groups in total. The van der Waals surface area contributed by atoms with Gasteiger partial charge in [-0.1, -0.05) is 23.7 Å². The summed E-state index contributed by atoms with van der Waals surface area (Å²) in [5, 5.41) is 0.599. The van der Waals surface area contributed by atoms with E-state index in [2.05, 4.69) is 9.71 Å². The van der Waals surface area contributed by atoms with Crippen LogP contribution in [0.15, 0.2) is 36.7 Å². The molecule has 1 heterocycles. The first-order valence-electron chi connectivity index (χ1n) is 5.57. The van der Waals surface area contributed by atoms with Gasteiger partial charge in [-0.25, -0.2) is 18.1 Å². The van der Waals surface area contributed by atoms with Crippen molar-refractivity contribution in [3.05, 3.63) is 53.1 Å². The lowest BCUT2D eigenvalue weighted by Gasteiger charge is -2.17. The van der Waals surface area contributed by atoms with Crippen LogP contribution >= 0.6 is 11.6 Å². The fraction of sp³-hybridized carbons (Fsp3) is 0.250. The average Bonchev–Trinajstić information content (AvgIpc) is 2.72. The first kappa shape index (κ1) is 14.0. The Morgan fingerprint density at radius 3 is 2.42 bits per heavy atom. The van der Waals surface area contributed by atoms with E-state index in [-0.39, 0.29) is 0 Å². The third-order valence-electron chi connectivity index (χ3n) is 2.65. The summed E-state index contributed by atoms with van der Waals surface area (Å²) >= 11 is 5.85. The number of hydrogen-bond donors (Lipinski definition) is 1. The van der Waals surface area contributed by atoms with E-state index in [1.165, 1.54) is 0 Å². The smallest absolute Gasteiger partial charge is 0.209 e. The van der Waals surface area contributed by atoms with Crippen LogP contribution < -0.4 is 4.72 Å².